The van der Waals surface area contributed by atoms with Gasteiger partial charge in [0.05, 0.1) is 5.56 Å². The highest BCUT2D eigenvalue weighted by molar-refractivity contribution is 5.89. The van der Waals surface area contributed by atoms with Gasteiger partial charge in [0.15, 0.2) is 0 Å². The van der Waals surface area contributed by atoms with Crippen molar-refractivity contribution in [3.05, 3.63) is 60.1 Å². The Balaban J connectivity index is 2.04. The highest BCUT2D eigenvalue weighted by Crippen LogP contribution is 2.09. The largest absolute Gasteiger partial charge is 0.461 e. The van der Waals surface area contributed by atoms with E-state index < -0.39 is 5.97 Å². The summed E-state index contributed by atoms with van der Waals surface area (Å²) in [5, 5.41) is 0. The maximum absolute atomic E-state index is 11.5. The maximum atomic E-state index is 11.5. The van der Waals surface area contributed by atoms with E-state index in [0.29, 0.717) is 12.2 Å². The van der Waals surface area contributed by atoms with Crippen LogP contribution in [0.3, 0.4) is 0 Å². The molecule has 0 radical (unpaired) electrons. The molecule has 1 aliphatic rings. The lowest BCUT2D eigenvalue weighted by Crippen LogP contribution is -2.08. The number of carbonyl (C=O) groups is 1. The van der Waals surface area contributed by atoms with Crippen LogP contribution in [0.5, 0.6) is 0 Å². The Labute approximate surface area is 87.6 Å². The zero-order chi connectivity index (χ0) is 10.5. The second-order valence-corrected chi connectivity index (χ2v) is 2.98. The van der Waals surface area contributed by atoms with Crippen LogP contribution in [0.25, 0.3) is 0 Å². The van der Waals surface area contributed by atoms with Crippen molar-refractivity contribution in [1.29, 1.82) is 0 Å². The molecule has 0 saturated carbocycles. The number of rotatable bonds is 2. The van der Waals surface area contributed by atoms with Crippen LogP contribution in [0, 0.1) is 0 Å². The molecule has 0 spiro atoms. The van der Waals surface area contributed by atoms with E-state index in [1.165, 1.54) is 0 Å². The second kappa shape index (κ2) is 4.46. The number of allylic oxidation sites excluding steroid dienone is 2. The average Bonchev–Trinajstić information content (AvgIpc) is 2.31. The molecule has 0 atom stereocenters. The fourth-order valence-corrected chi connectivity index (χ4v) is 1.17. The molecular weight excluding hydrogens is 192 g/mol. The van der Waals surface area contributed by atoms with E-state index in [4.69, 9.17) is 9.47 Å². The smallest absolute Gasteiger partial charge is 0.345 e. The minimum Gasteiger partial charge on any atom is -0.461 e. The lowest BCUT2D eigenvalue weighted by atomic mass is 10.2. The minimum absolute atomic E-state index is 0.242. The van der Waals surface area contributed by atoms with E-state index in [2.05, 4.69) is 0 Å². The van der Waals surface area contributed by atoms with Crippen molar-refractivity contribution in [2.45, 2.75) is 0 Å². The number of hydrogen-bond donors (Lipinski definition) is 0. The van der Waals surface area contributed by atoms with Gasteiger partial charge in [0.1, 0.15) is 6.61 Å². The van der Waals surface area contributed by atoms with Crippen molar-refractivity contribution in [3.8, 4) is 0 Å². The highest BCUT2D eigenvalue weighted by atomic mass is 16.7. The number of carbonyl (C=O) groups excluding carboxylic acids is 1. The van der Waals surface area contributed by atoms with Gasteiger partial charge < -0.3 is 9.47 Å². The van der Waals surface area contributed by atoms with Crippen LogP contribution >= 0.6 is 0 Å². The molecule has 0 aliphatic carbocycles. The van der Waals surface area contributed by atoms with Crippen molar-refractivity contribution in [2.75, 3.05) is 6.61 Å². The Bertz CT molecular complexity index is 404. The third kappa shape index (κ3) is 2.47. The first-order chi connectivity index (χ1) is 7.36. The molecular formula is C12H10O3. The summed E-state index contributed by atoms with van der Waals surface area (Å²) in [4.78, 5) is 11.5. The van der Waals surface area contributed by atoms with Crippen LogP contribution < -0.4 is 0 Å². The second-order valence-electron chi connectivity index (χ2n) is 2.98. The molecule has 1 aromatic rings. The summed E-state index contributed by atoms with van der Waals surface area (Å²) in [6, 6.07) is 8.80. The van der Waals surface area contributed by atoms with Crippen LogP contribution in [-0.4, -0.2) is 12.6 Å². The van der Waals surface area contributed by atoms with Crippen molar-refractivity contribution < 1.29 is 14.3 Å². The first-order valence-corrected chi connectivity index (χ1v) is 4.63. The average molecular weight is 202 g/mol. The Morgan fingerprint density at radius 1 is 1.27 bits per heavy atom. The predicted molar refractivity (Wildman–Crippen MR) is 55.0 cm³/mol. The summed E-state index contributed by atoms with van der Waals surface area (Å²) in [6.07, 6.45) is 5.24. The van der Waals surface area contributed by atoms with Crippen molar-refractivity contribution in [1.82, 2.24) is 0 Å². The summed E-state index contributed by atoms with van der Waals surface area (Å²) >= 11 is 0. The first-order valence-electron chi connectivity index (χ1n) is 4.63. The molecule has 0 amide bonds. The first kappa shape index (κ1) is 9.52. The van der Waals surface area contributed by atoms with Crippen LogP contribution in [0.1, 0.15) is 10.4 Å². The highest BCUT2D eigenvalue weighted by Gasteiger charge is 2.10. The van der Waals surface area contributed by atoms with Gasteiger partial charge in [-0.2, -0.15) is 0 Å². The summed E-state index contributed by atoms with van der Waals surface area (Å²) in [5.74, 6) is -0.163. The molecule has 0 unspecified atom stereocenters. The monoisotopic (exact) mass is 202 g/mol. The quantitative estimate of drug-likeness (QED) is 0.690. The molecule has 3 heteroatoms. The van der Waals surface area contributed by atoms with Crippen molar-refractivity contribution in [3.63, 3.8) is 0 Å². The number of esters is 1. The molecule has 76 valence electrons. The molecule has 3 nitrogen and oxygen atoms in total. The maximum Gasteiger partial charge on any atom is 0.345 e. The van der Waals surface area contributed by atoms with Gasteiger partial charge in [0.25, 0.3) is 5.95 Å². The molecule has 0 bridgehead atoms. The third-order valence-corrected chi connectivity index (χ3v) is 1.89. The molecule has 1 heterocycles. The summed E-state index contributed by atoms with van der Waals surface area (Å²) in [5.41, 5.74) is 0.511. The zero-order valence-corrected chi connectivity index (χ0v) is 8.05. The van der Waals surface area contributed by atoms with Gasteiger partial charge in [-0.15, -0.1) is 0 Å². The van der Waals surface area contributed by atoms with Gasteiger partial charge in [-0.25, -0.2) is 4.79 Å². The van der Waals surface area contributed by atoms with Crippen molar-refractivity contribution >= 4 is 5.97 Å². The zero-order valence-electron chi connectivity index (χ0n) is 8.05. The van der Waals surface area contributed by atoms with Gasteiger partial charge in [-0.1, -0.05) is 24.3 Å². The summed E-state index contributed by atoms with van der Waals surface area (Å²) in [6.45, 7) is 0.438. The molecule has 1 aromatic carbocycles. The summed E-state index contributed by atoms with van der Waals surface area (Å²) in [7, 11) is 0. The van der Waals surface area contributed by atoms with Crippen molar-refractivity contribution in [2.24, 2.45) is 0 Å². The third-order valence-electron chi connectivity index (χ3n) is 1.89. The van der Waals surface area contributed by atoms with Crippen LogP contribution in [0.2, 0.25) is 0 Å². The van der Waals surface area contributed by atoms with Gasteiger partial charge in [-0.3, -0.25) is 0 Å². The lowest BCUT2D eigenvalue weighted by Gasteiger charge is -2.10. The topological polar surface area (TPSA) is 35.5 Å². The number of ether oxygens (including phenoxy) is 2. The van der Waals surface area contributed by atoms with Gasteiger partial charge in [-0.05, 0) is 18.2 Å². The van der Waals surface area contributed by atoms with E-state index in [-0.39, 0.29) is 5.95 Å². The Morgan fingerprint density at radius 2 is 2.07 bits per heavy atom. The molecule has 15 heavy (non-hydrogen) atoms. The SMILES string of the molecule is O=C(OC1=CC=CCO1)c1ccccc1. The van der Waals surface area contributed by atoms with E-state index in [0.717, 1.165) is 0 Å². The summed E-state index contributed by atoms with van der Waals surface area (Å²) < 4.78 is 10.1. The van der Waals surface area contributed by atoms with E-state index in [9.17, 15) is 4.79 Å². The molecule has 0 N–H and O–H groups in total. The van der Waals surface area contributed by atoms with Crippen LogP contribution in [0.15, 0.2) is 54.5 Å². The van der Waals surface area contributed by atoms with E-state index in [1.807, 2.05) is 12.1 Å². The minimum atomic E-state index is -0.405. The standard InChI is InChI=1S/C12H10O3/c13-12(10-6-2-1-3-7-10)15-11-8-4-5-9-14-11/h1-8H,9H2. The molecule has 0 saturated heterocycles. The van der Waals surface area contributed by atoms with Crippen LogP contribution in [0.4, 0.5) is 0 Å². The van der Waals surface area contributed by atoms with Gasteiger partial charge in [0, 0.05) is 6.08 Å². The molecule has 0 aromatic heterocycles. The molecule has 0 fully saturated rings. The lowest BCUT2D eigenvalue weighted by molar-refractivity contribution is 0.0300. The van der Waals surface area contributed by atoms with E-state index >= 15 is 0 Å². The Kier molecular flexibility index (Phi) is 2.83. The fraction of sp³-hybridized carbons (Fsp3) is 0.0833. The fourth-order valence-electron chi connectivity index (χ4n) is 1.17. The van der Waals surface area contributed by atoms with Gasteiger partial charge >= 0.3 is 5.97 Å². The van der Waals surface area contributed by atoms with E-state index in [1.54, 1.807) is 36.4 Å². The number of benzene rings is 1. The van der Waals surface area contributed by atoms with Crippen LogP contribution in [-0.2, 0) is 9.47 Å². The molecule has 2 rings (SSSR count). The Morgan fingerprint density at radius 3 is 2.73 bits per heavy atom. The van der Waals surface area contributed by atoms with Gasteiger partial charge in [0.2, 0.25) is 0 Å². The number of hydrogen-bond acceptors (Lipinski definition) is 3. The normalized spacial score (nSPS) is 14.0. The predicted octanol–water partition coefficient (Wildman–Crippen LogP) is 2.27. The Hall–Kier alpha value is -2.03. The molecule has 1 aliphatic heterocycles.